The normalized spacial score (nSPS) is 11.1. The molecule has 0 aliphatic rings. The summed E-state index contributed by atoms with van der Waals surface area (Å²) in [6.07, 6.45) is 0.574. The maximum absolute atomic E-state index is 12.4. The molecule has 0 atom stereocenters. The van der Waals surface area contributed by atoms with Gasteiger partial charge >= 0.3 is 6.09 Å². The van der Waals surface area contributed by atoms with Crippen molar-refractivity contribution in [2.75, 3.05) is 13.2 Å². The smallest absolute Gasteiger partial charge is 0.423 e. The number of ether oxygens (including phenoxy) is 1. The second kappa shape index (κ2) is 7.13. The molecule has 1 rings (SSSR count). The maximum atomic E-state index is 12.4. The molecule has 1 amide bonds. The average molecular weight is 285 g/mol. The van der Waals surface area contributed by atoms with Crippen molar-refractivity contribution in [1.29, 1.82) is 0 Å². The zero-order valence-electron chi connectivity index (χ0n) is 11.2. The fraction of sp³-hybridized carbons (Fsp3) is 0.462. The van der Waals surface area contributed by atoms with Gasteiger partial charge in [0, 0.05) is 6.54 Å². The number of unbranched alkanes of at least 4 members (excludes halogenated alkanes) is 1. The lowest BCUT2D eigenvalue weighted by molar-refractivity contribution is 0.130. The molecule has 0 N–H and O–H groups in total. The van der Waals surface area contributed by atoms with Crippen LogP contribution in [0.15, 0.2) is 35.2 Å². The van der Waals surface area contributed by atoms with Gasteiger partial charge in [0.1, 0.15) is 0 Å². The van der Waals surface area contributed by atoms with Gasteiger partial charge in [0.15, 0.2) is 0 Å². The molecule has 106 valence electrons. The molecule has 0 saturated heterocycles. The number of hydrogen-bond acceptors (Lipinski definition) is 4. The van der Waals surface area contributed by atoms with Crippen LogP contribution in [0.25, 0.3) is 0 Å². The molecule has 0 aliphatic carbocycles. The Morgan fingerprint density at radius 2 is 1.84 bits per heavy atom. The van der Waals surface area contributed by atoms with Crippen molar-refractivity contribution in [2.45, 2.75) is 31.6 Å². The SMILES string of the molecule is CCCCN(C(=O)OCC)S(=O)(=O)c1ccccc1. The number of sulfonamides is 1. The van der Waals surface area contributed by atoms with E-state index in [2.05, 4.69) is 0 Å². The lowest BCUT2D eigenvalue weighted by atomic mass is 10.3. The quantitative estimate of drug-likeness (QED) is 0.806. The molecule has 0 aliphatic heterocycles. The van der Waals surface area contributed by atoms with Gasteiger partial charge in [-0.05, 0) is 25.5 Å². The molecule has 0 heterocycles. The van der Waals surface area contributed by atoms with E-state index in [9.17, 15) is 13.2 Å². The summed E-state index contributed by atoms with van der Waals surface area (Å²) in [5, 5.41) is 0. The van der Waals surface area contributed by atoms with Crippen molar-refractivity contribution in [3.63, 3.8) is 0 Å². The third-order valence-corrected chi connectivity index (χ3v) is 4.30. The van der Waals surface area contributed by atoms with Crippen LogP contribution in [-0.4, -0.2) is 32.0 Å². The summed E-state index contributed by atoms with van der Waals surface area (Å²) < 4.78 is 30.4. The summed E-state index contributed by atoms with van der Waals surface area (Å²) >= 11 is 0. The first-order valence-corrected chi connectivity index (χ1v) is 7.72. The van der Waals surface area contributed by atoms with Crippen molar-refractivity contribution >= 4 is 16.1 Å². The minimum atomic E-state index is -3.84. The van der Waals surface area contributed by atoms with E-state index in [1.54, 1.807) is 25.1 Å². The molecule has 1 aromatic carbocycles. The van der Waals surface area contributed by atoms with E-state index in [4.69, 9.17) is 4.74 Å². The lowest BCUT2D eigenvalue weighted by Crippen LogP contribution is -2.38. The van der Waals surface area contributed by atoms with Crippen molar-refractivity contribution in [1.82, 2.24) is 4.31 Å². The van der Waals surface area contributed by atoms with Gasteiger partial charge < -0.3 is 4.74 Å². The fourth-order valence-corrected chi connectivity index (χ4v) is 2.90. The topological polar surface area (TPSA) is 63.7 Å². The first-order valence-electron chi connectivity index (χ1n) is 6.28. The molecule has 0 saturated carbocycles. The van der Waals surface area contributed by atoms with Gasteiger partial charge in [-0.1, -0.05) is 31.5 Å². The van der Waals surface area contributed by atoms with E-state index in [-0.39, 0.29) is 18.0 Å². The molecule has 0 fully saturated rings. The monoisotopic (exact) mass is 285 g/mol. The Balaban J connectivity index is 3.05. The van der Waals surface area contributed by atoms with Crippen molar-refractivity contribution < 1.29 is 17.9 Å². The molecule has 6 heteroatoms. The minimum Gasteiger partial charge on any atom is -0.449 e. The standard InChI is InChI=1S/C13H19NO4S/c1-3-5-11-14(13(15)18-4-2)19(16,17)12-9-7-6-8-10-12/h6-10H,3-5,11H2,1-2H3. The van der Waals surface area contributed by atoms with E-state index in [1.807, 2.05) is 6.92 Å². The largest absolute Gasteiger partial charge is 0.449 e. The lowest BCUT2D eigenvalue weighted by Gasteiger charge is -2.21. The van der Waals surface area contributed by atoms with E-state index in [0.717, 1.165) is 10.7 Å². The zero-order valence-corrected chi connectivity index (χ0v) is 12.0. The highest BCUT2D eigenvalue weighted by atomic mass is 32.2. The highest BCUT2D eigenvalue weighted by Crippen LogP contribution is 2.17. The highest BCUT2D eigenvalue weighted by Gasteiger charge is 2.29. The first-order chi connectivity index (χ1) is 9.04. The van der Waals surface area contributed by atoms with Crippen LogP contribution >= 0.6 is 0 Å². The van der Waals surface area contributed by atoms with Crippen molar-refractivity contribution in [2.24, 2.45) is 0 Å². The van der Waals surface area contributed by atoms with Crippen molar-refractivity contribution in [3.8, 4) is 0 Å². The second-order valence-electron chi connectivity index (χ2n) is 3.94. The molecule has 0 unspecified atom stereocenters. The Kier molecular flexibility index (Phi) is 5.82. The molecule has 19 heavy (non-hydrogen) atoms. The van der Waals surface area contributed by atoms with Crippen LogP contribution in [0, 0.1) is 0 Å². The Morgan fingerprint density at radius 1 is 1.21 bits per heavy atom. The molecule has 0 bridgehead atoms. The highest BCUT2D eigenvalue weighted by molar-refractivity contribution is 7.89. The predicted molar refractivity (Wildman–Crippen MR) is 72.3 cm³/mol. The van der Waals surface area contributed by atoms with Crippen LogP contribution in [-0.2, 0) is 14.8 Å². The van der Waals surface area contributed by atoms with Gasteiger partial charge in [0.2, 0.25) is 0 Å². The summed E-state index contributed by atoms with van der Waals surface area (Å²) in [6, 6.07) is 7.90. The molecule has 1 aromatic rings. The average Bonchev–Trinajstić information content (AvgIpc) is 2.40. The molecule has 0 spiro atoms. The number of nitrogens with zero attached hydrogens (tertiary/aromatic N) is 1. The van der Waals surface area contributed by atoms with Gasteiger partial charge in [0.25, 0.3) is 10.0 Å². The number of benzene rings is 1. The van der Waals surface area contributed by atoms with Gasteiger partial charge in [-0.15, -0.1) is 0 Å². The third-order valence-electron chi connectivity index (χ3n) is 2.52. The van der Waals surface area contributed by atoms with E-state index >= 15 is 0 Å². The second-order valence-corrected chi connectivity index (χ2v) is 5.81. The summed E-state index contributed by atoms with van der Waals surface area (Å²) in [4.78, 5) is 11.9. The summed E-state index contributed by atoms with van der Waals surface area (Å²) in [5.41, 5.74) is 0. The Bertz CT molecular complexity index is 499. The first kappa shape index (κ1) is 15.5. The van der Waals surface area contributed by atoms with Crippen molar-refractivity contribution in [3.05, 3.63) is 30.3 Å². The van der Waals surface area contributed by atoms with E-state index in [1.165, 1.54) is 12.1 Å². The maximum Gasteiger partial charge on any atom is 0.423 e. The van der Waals surface area contributed by atoms with Gasteiger partial charge in [-0.25, -0.2) is 17.5 Å². The molecular weight excluding hydrogens is 266 g/mol. The number of rotatable bonds is 6. The number of hydrogen-bond donors (Lipinski definition) is 0. The van der Waals surface area contributed by atoms with Crippen LogP contribution < -0.4 is 0 Å². The number of carbonyl (C=O) groups excluding carboxylic acids is 1. The summed E-state index contributed by atoms with van der Waals surface area (Å²) in [7, 11) is -3.84. The number of carbonyl (C=O) groups is 1. The zero-order chi connectivity index (χ0) is 14.3. The Labute approximate surface area is 114 Å². The number of amides is 1. The summed E-state index contributed by atoms with van der Waals surface area (Å²) in [5.74, 6) is 0. The van der Waals surface area contributed by atoms with Crippen LogP contribution in [0.2, 0.25) is 0 Å². The van der Waals surface area contributed by atoms with Crippen LogP contribution in [0.3, 0.4) is 0 Å². The third kappa shape index (κ3) is 3.96. The minimum absolute atomic E-state index is 0.0964. The van der Waals surface area contributed by atoms with E-state index < -0.39 is 16.1 Å². The van der Waals surface area contributed by atoms with Gasteiger partial charge in [-0.2, -0.15) is 0 Å². The van der Waals surface area contributed by atoms with Crippen LogP contribution in [0.5, 0.6) is 0 Å². The molecular formula is C13H19NO4S. The van der Waals surface area contributed by atoms with Gasteiger partial charge in [-0.3, -0.25) is 0 Å². The predicted octanol–water partition coefficient (Wildman–Crippen LogP) is 2.63. The van der Waals surface area contributed by atoms with Gasteiger partial charge in [0.05, 0.1) is 11.5 Å². The molecule has 0 aromatic heterocycles. The Hall–Kier alpha value is -1.56. The molecule has 5 nitrogen and oxygen atoms in total. The summed E-state index contributed by atoms with van der Waals surface area (Å²) in [6.45, 7) is 3.85. The molecule has 0 radical (unpaired) electrons. The van der Waals surface area contributed by atoms with E-state index in [0.29, 0.717) is 6.42 Å². The van der Waals surface area contributed by atoms with Crippen LogP contribution in [0.1, 0.15) is 26.7 Å². The Morgan fingerprint density at radius 3 is 2.37 bits per heavy atom. The fourth-order valence-electron chi connectivity index (χ4n) is 1.53. The van der Waals surface area contributed by atoms with Crippen LogP contribution in [0.4, 0.5) is 4.79 Å².